The summed E-state index contributed by atoms with van der Waals surface area (Å²) in [6.45, 7) is 21.2. The summed E-state index contributed by atoms with van der Waals surface area (Å²) in [4.78, 5) is 0. The first kappa shape index (κ1) is 28.5. The molecule has 26 heavy (non-hydrogen) atoms. The summed E-state index contributed by atoms with van der Waals surface area (Å²) in [5.41, 5.74) is 0. The molecular weight excluding hydrogens is 370 g/mol. The maximum Gasteiger partial charge on any atom is 0.297 e. The molecule has 0 heterocycles. The fourth-order valence-corrected chi connectivity index (χ4v) is 13.0. The molecule has 0 aromatic carbocycles. The normalized spacial score (nSPS) is 13.5. The van der Waals surface area contributed by atoms with Gasteiger partial charge in [0.2, 0.25) is 0 Å². The summed E-state index contributed by atoms with van der Waals surface area (Å²) in [7, 11) is -4.90. The molecule has 0 atom stereocenters. The Morgan fingerprint density at radius 3 is 1.27 bits per heavy atom. The van der Waals surface area contributed by atoms with E-state index in [0.29, 0.717) is 12.8 Å². The van der Waals surface area contributed by atoms with Gasteiger partial charge in [0.1, 0.15) is 0 Å². The standard InChI is InChI=1S/C16H37P.C4H9FO3S/c1-13(2)9-17(10-14(3)4,11-15(5)6)12-16(7)8;1-2-3-4-9(6,7)8-5/h13-17H,9-12H2,1-8H3;2-4H2,1H3. The molecule has 0 rings (SSSR count). The van der Waals surface area contributed by atoms with Crippen LogP contribution in [-0.4, -0.2) is 38.8 Å². The van der Waals surface area contributed by atoms with E-state index in [4.69, 9.17) is 0 Å². The molecule has 0 unspecified atom stereocenters. The van der Waals surface area contributed by atoms with Crippen LogP contribution in [0.25, 0.3) is 0 Å². The predicted octanol–water partition coefficient (Wildman–Crippen LogP) is 6.38. The van der Waals surface area contributed by atoms with Crippen molar-refractivity contribution in [2.75, 3.05) is 30.4 Å². The van der Waals surface area contributed by atoms with E-state index in [1.807, 2.05) is 6.92 Å². The number of hydrogen-bond donors (Lipinski definition) is 0. The van der Waals surface area contributed by atoms with Crippen molar-refractivity contribution in [1.82, 2.24) is 0 Å². The van der Waals surface area contributed by atoms with Gasteiger partial charge >= 0.3 is 111 Å². The molecule has 0 bridgehead atoms. The molecule has 0 aromatic rings. The first-order chi connectivity index (χ1) is 11.8. The Balaban J connectivity index is 0. The van der Waals surface area contributed by atoms with E-state index in [1.165, 1.54) is 0 Å². The van der Waals surface area contributed by atoms with Crippen molar-refractivity contribution < 1.29 is 17.3 Å². The average molecular weight is 417 g/mol. The Morgan fingerprint density at radius 1 is 0.769 bits per heavy atom. The third-order valence-electron chi connectivity index (χ3n) is 4.21. The Labute approximate surface area is 164 Å². The van der Waals surface area contributed by atoms with Crippen LogP contribution < -0.4 is 0 Å². The Hall–Kier alpha value is 0.270. The van der Waals surface area contributed by atoms with E-state index >= 15 is 0 Å². The molecule has 0 aliphatic carbocycles. The van der Waals surface area contributed by atoms with Crippen molar-refractivity contribution >= 4 is 17.4 Å². The van der Waals surface area contributed by atoms with Gasteiger partial charge in [0, 0.05) is 0 Å². The molecule has 0 radical (unpaired) electrons. The minimum atomic E-state index is -3.85. The van der Waals surface area contributed by atoms with Gasteiger partial charge in [-0.15, -0.1) is 0 Å². The summed E-state index contributed by atoms with van der Waals surface area (Å²) in [6, 6.07) is 0. The molecule has 162 valence electrons. The molecule has 6 heteroatoms. The van der Waals surface area contributed by atoms with Crippen molar-refractivity contribution in [1.29, 1.82) is 0 Å². The van der Waals surface area contributed by atoms with Crippen molar-refractivity contribution in [3.05, 3.63) is 0 Å². The van der Waals surface area contributed by atoms with Crippen LogP contribution in [0.3, 0.4) is 0 Å². The van der Waals surface area contributed by atoms with Crippen molar-refractivity contribution in [2.45, 2.75) is 75.2 Å². The van der Waals surface area contributed by atoms with Gasteiger partial charge in [-0.3, -0.25) is 0 Å². The van der Waals surface area contributed by atoms with Crippen LogP contribution in [0, 0.1) is 23.7 Å². The molecule has 0 N–H and O–H groups in total. The maximum absolute atomic E-state index is 11.0. The summed E-state index contributed by atoms with van der Waals surface area (Å²) < 4.78 is 34.0. The molecule has 0 fully saturated rings. The van der Waals surface area contributed by atoms with Crippen LogP contribution in [0.5, 0.6) is 0 Å². The van der Waals surface area contributed by atoms with Crippen LogP contribution in [0.1, 0.15) is 75.2 Å². The van der Waals surface area contributed by atoms with Gasteiger partial charge in [-0.1, -0.05) is 17.7 Å². The van der Waals surface area contributed by atoms with Crippen molar-refractivity contribution in [2.24, 2.45) is 23.7 Å². The molecule has 0 aliphatic rings. The van der Waals surface area contributed by atoms with E-state index in [2.05, 4.69) is 59.8 Å². The van der Waals surface area contributed by atoms with E-state index in [1.54, 1.807) is 24.6 Å². The summed E-state index contributed by atoms with van der Waals surface area (Å²) in [5.74, 6) is 3.31. The number of unbranched alkanes of at least 4 members (excludes halogenated alkanes) is 1. The van der Waals surface area contributed by atoms with Gasteiger partial charge in [-0.2, -0.15) is 8.42 Å². The van der Waals surface area contributed by atoms with E-state index < -0.39 is 17.4 Å². The number of halogens is 1. The van der Waals surface area contributed by atoms with Crippen molar-refractivity contribution in [3.63, 3.8) is 0 Å². The van der Waals surface area contributed by atoms with Crippen LogP contribution in [-0.2, 0) is 14.5 Å². The zero-order chi connectivity index (χ0) is 21.0. The molecule has 0 aromatic heterocycles. The third-order valence-corrected chi connectivity index (χ3v) is 11.9. The Kier molecular flexibility index (Phi) is 15.7. The monoisotopic (exact) mass is 416 g/mol. The van der Waals surface area contributed by atoms with Gasteiger partial charge in [0.15, 0.2) is 0 Å². The van der Waals surface area contributed by atoms with Crippen LogP contribution in [0.4, 0.5) is 4.53 Å². The van der Waals surface area contributed by atoms with Crippen LogP contribution in [0.15, 0.2) is 0 Å². The largest absolute Gasteiger partial charge is 0.297 e. The summed E-state index contributed by atoms with van der Waals surface area (Å²) in [6.07, 6.45) is 7.32. The van der Waals surface area contributed by atoms with Gasteiger partial charge in [-0.05, 0) is 10.9 Å². The second kappa shape index (κ2) is 14.3. The summed E-state index contributed by atoms with van der Waals surface area (Å²) in [5, 5.41) is 0. The molecule has 0 spiro atoms. The molecule has 3 nitrogen and oxygen atoms in total. The molecule has 0 saturated heterocycles. The second-order valence-corrected chi connectivity index (χ2v) is 15.9. The Morgan fingerprint density at radius 2 is 1.08 bits per heavy atom. The smallest absolute Gasteiger partial charge is 0.197 e. The first-order valence-corrected chi connectivity index (χ1v) is 14.7. The van der Waals surface area contributed by atoms with Crippen molar-refractivity contribution in [3.8, 4) is 0 Å². The van der Waals surface area contributed by atoms with Gasteiger partial charge < -0.3 is 0 Å². The van der Waals surface area contributed by atoms with Gasteiger partial charge in [0.05, 0.1) is 5.75 Å². The van der Waals surface area contributed by atoms with E-state index in [0.717, 1.165) is 23.7 Å². The minimum absolute atomic E-state index is 0.236. The zero-order valence-corrected chi connectivity index (χ0v) is 20.6. The average Bonchev–Trinajstić information content (AvgIpc) is 2.42. The molecule has 0 saturated carbocycles. The van der Waals surface area contributed by atoms with E-state index in [-0.39, 0.29) is 5.75 Å². The van der Waals surface area contributed by atoms with E-state index in [9.17, 15) is 12.9 Å². The maximum atomic E-state index is 11.0. The quantitative estimate of drug-likeness (QED) is 0.347. The molecular formula is C20H46FO3PS. The van der Waals surface area contributed by atoms with Crippen LogP contribution in [0.2, 0.25) is 0 Å². The van der Waals surface area contributed by atoms with Gasteiger partial charge in [-0.25, -0.2) is 0 Å². The topological polar surface area (TPSA) is 43.4 Å². The zero-order valence-electron chi connectivity index (χ0n) is 18.8. The predicted molar refractivity (Wildman–Crippen MR) is 118 cm³/mol. The van der Waals surface area contributed by atoms with Gasteiger partial charge in [0.25, 0.3) is 10.1 Å². The number of hydrogen-bond acceptors (Lipinski definition) is 3. The molecule has 0 aliphatic heterocycles. The minimum Gasteiger partial charge on any atom is -0.197 e. The SMILES string of the molecule is CC(C)C[PH](CC(C)C)(CC(C)C)CC(C)C.CCCCS(=O)(=O)OF. The van der Waals surface area contributed by atoms with Crippen LogP contribution >= 0.6 is 7.26 Å². The fraction of sp³-hybridized carbons (Fsp3) is 1.00. The second-order valence-electron chi connectivity index (χ2n) is 9.57. The summed E-state index contributed by atoms with van der Waals surface area (Å²) >= 11 is 0. The Bertz CT molecular complexity index is 389. The number of rotatable bonds is 12. The third kappa shape index (κ3) is 16.4. The fourth-order valence-electron chi connectivity index (χ4n) is 4.32. The first-order valence-electron chi connectivity index (χ1n) is 10.3. The molecule has 0 amide bonds.